The van der Waals surface area contributed by atoms with Gasteiger partial charge >= 0.3 is 11.9 Å². The SMILES string of the molecule is CCCCCCOCC(COc1c2ccccc2c(OCC(COCCCCCC)OC(=O)CCCC)c2cc(Br)ccc12)OC(=O)CCCC. The summed E-state index contributed by atoms with van der Waals surface area (Å²) >= 11 is 3.65. The van der Waals surface area contributed by atoms with E-state index in [9.17, 15) is 9.59 Å². The first kappa shape index (κ1) is 42.5. The lowest BCUT2D eigenvalue weighted by Crippen LogP contribution is -2.30. The summed E-state index contributed by atoms with van der Waals surface area (Å²) in [7, 11) is 0. The Bertz CT molecular complexity index is 1440. The fraction of sp³-hybridized carbons (Fsp3) is 0.619. The summed E-state index contributed by atoms with van der Waals surface area (Å²) in [5.41, 5.74) is 0. The highest BCUT2D eigenvalue weighted by Crippen LogP contribution is 2.44. The van der Waals surface area contributed by atoms with Crippen molar-refractivity contribution in [1.82, 2.24) is 0 Å². The van der Waals surface area contributed by atoms with E-state index >= 15 is 0 Å². The first-order chi connectivity index (χ1) is 24.9. The largest absolute Gasteiger partial charge is 0.488 e. The summed E-state index contributed by atoms with van der Waals surface area (Å²) in [5.74, 6) is 0.870. The van der Waals surface area contributed by atoms with Crippen molar-refractivity contribution in [3.63, 3.8) is 0 Å². The van der Waals surface area contributed by atoms with Crippen LogP contribution in [0.3, 0.4) is 0 Å². The standard InChI is InChI=1S/C42H61BrO8/c1-5-9-13-17-25-46-28-33(50-39(44)21-11-7-3)30-48-41-35-19-15-16-20-36(35)42(38-27-32(43)23-24-37(38)41)49-31-34(51-40(45)22-12-8-4)29-47-26-18-14-10-6-2/h15-16,19-20,23-24,27,33-34H,5-14,17-18,21-22,25-26,28-31H2,1-4H3. The number of unbranched alkanes of at least 4 members (excludes halogenated alkanes) is 8. The van der Waals surface area contributed by atoms with Gasteiger partial charge in [-0.3, -0.25) is 9.59 Å². The number of esters is 2. The van der Waals surface area contributed by atoms with Crippen LogP contribution in [0.2, 0.25) is 0 Å². The van der Waals surface area contributed by atoms with Gasteiger partial charge in [-0.25, -0.2) is 0 Å². The fourth-order valence-electron chi connectivity index (χ4n) is 5.79. The molecule has 0 amide bonds. The van der Waals surface area contributed by atoms with E-state index in [0.29, 0.717) is 37.6 Å². The van der Waals surface area contributed by atoms with Gasteiger partial charge in [0.15, 0.2) is 12.2 Å². The quantitative estimate of drug-likeness (QED) is 0.0409. The molecule has 0 saturated heterocycles. The molecular weight excluding hydrogens is 712 g/mol. The third-order valence-electron chi connectivity index (χ3n) is 8.67. The van der Waals surface area contributed by atoms with Gasteiger partial charge in [-0.15, -0.1) is 0 Å². The van der Waals surface area contributed by atoms with Crippen LogP contribution in [-0.4, -0.2) is 63.8 Å². The Balaban J connectivity index is 1.87. The number of hydrogen-bond donors (Lipinski definition) is 0. The van der Waals surface area contributed by atoms with Gasteiger partial charge in [-0.2, -0.15) is 0 Å². The van der Waals surface area contributed by atoms with Crippen molar-refractivity contribution in [2.75, 3.05) is 39.6 Å². The Kier molecular flexibility index (Phi) is 21.0. The zero-order valence-electron chi connectivity index (χ0n) is 31.5. The lowest BCUT2D eigenvalue weighted by atomic mass is 10.0. The predicted molar refractivity (Wildman–Crippen MR) is 209 cm³/mol. The van der Waals surface area contributed by atoms with Crippen LogP contribution in [0.1, 0.15) is 118 Å². The molecule has 0 aliphatic rings. The Labute approximate surface area is 314 Å². The van der Waals surface area contributed by atoms with E-state index in [0.717, 1.165) is 90.2 Å². The molecule has 0 spiro atoms. The van der Waals surface area contributed by atoms with Crippen molar-refractivity contribution in [2.45, 2.75) is 130 Å². The first-order valence-electron chi connectivity index (χ1n) is 19.4. The van der Waals surface area contributed by atoms with Crippen LogP contribution in [0.25, 0.3) is 21.5 Å². The zero-order chi connectivity index (χ0) is 36.7. The molecule has 0 fully saturated rings. The van der Waals surface area contributed by atoms with Crippen LogP contribution >= 0.6 is 15.9 Å². The van der Waals surface area contributed by atoms with Crippen LogP contribution in [0.4, 0.5) is 0 Å². The third kappa shape index (κ3) is 15.3. The molecule has 9 heteroatoms. The molecule has 0 aliphatic carbocycles. The minimum atomic E-state index is -0.553. The maximum absolute atomic E-state index is 12.7. The van der Waals surface area contributed by atoms with E-state index in [-0.39, 0.29) is 38.4 Å². The van der Waals surface area contributed by atoms with Gasteiger partial charge in [0, 0.05) is 52.1 Å². The molecule has 8 nitrogen and oxygen atoms in total. The van der Waals surface area contributed by atoms with E-state index in [1.165, 1.54) is 12.8 Å². The summed E-state index contributed by atoms with van der Waals surface area (Å²) < 4.78 is 37.8. The Morgan fingerprint density at radius 2 is 1.00 bits per heavy atom. The van der Waals surface area contributed by atoms with Crippen molar-refractivity contribution < 1.29 is 38.0 Å². The lowest BCUT2D eigenvalue weighted by Gasteiger charge is -2.23. The second-order valence-electron chi connectivity index (χ2n) is 13.2. The molecule has 0 radical (unpaired) electrons. The highest BCUT2D eigenvalue weighted by molar-refractivity contribution is 9.10. The minimum absolute atomic E-state index is 0.143. The molecular formula is C42H61BrO8. The third-order valence-corrected chi connectivity index (χ3v) is 9.16. The van der Waals surface area contributed by atoms with E-state index in [4.69, 9.17) is 28.4 Å². The van der Waals surface area contributed by atoms with E-state index in [1.54, 1.807) is 0 Å². The molecule has 0 saturated carbocycles. The highest BCUT2D eigenvalue weighted by atomic mass is 79.9. The van der Waals surface area contributed by atoms with Crippen LogP contribution in [0, 0.1) is 0 Å². The Morgan fingerprint density at radius 3 is 1.47 bits per heavy atom. The average molecular weight is 774 g/mol. The summed E-state index contributed by atoms with van der Waals surface area (Å²) in [6.45, 7) is 10.5. The normalized spacial score (nSPS) is 12.6. The molecule has 2 atom stereocenters. The van der Waals surface area contributed by atoms with E-state index in [1.807, 2.05) is 42.5 Å². The predicted octanol–water partition coefficient (Wildman–Crippen LogP) is 10.9. The summed E-state index contributed by atoms with van der Waals surface area (Å²) in [4.78, 5) is 25.4. The number of halogens is 1. The van der Waals surface area contributed by atoms with Gasteiger partial charge in [-0.1, -0.05) is 119 Å². The van der Waals surface area contributed by atoms with Crippen molar-refractivity contribution in [2.24, 2.45) is 0 Å². The number of fused-ring (bicyclic) bond motifs is 2. The zero-order valence-corrected chi connectivity index (χ0v) is 33.1. The van der Waals surface area contributed by atoms with Gasteiger partial charge < -0.3 is 28.4 Å². The minimum Gasteiger partial charge on any atom is -0.488 e. The van der Waals surface area contributed by atoms with Crippen LogP contribution in [0.15, 0.2) is 46.9 Å². The van der Waals surface area contributed by atoms with E-state index in [2.05, 4.69) is 43.6 Å². The molecule has 3 rings (SSSR count). The number of hydrogen-bond acceptors (Lipinski definition) is 8. The van der Waals surface area contributed by atoms with Gasteiger partial charge in [-0.05, 0) is 43.9 Å². The van der Waals surface area contributed by atoms with Crippen molar-refractivity contribution in [1.29, 1.82) is 0 Å². The fourth-order valence-corrected chi connectivity index (χ4v) is 6.15. The highest BCUT2D eigenvalue weighted by Gasteiger charge is 2.22. The summed E-state index contributed by atoms with van der Waals surface area (Å²) in [6.07, 6.45) is 11.9. The molecule has 0 N–H and O–H groups in total. The maximum Gasteiger partial charge on any atom is 0.306 e. The number of carbonyl (C=O) groups excluding carboxylic acids is 2. The molecule has 284 valence electrons. The lowest BCUT2D eigenvalue weighted by molar-refractivity contribution is -0.155. The molecule has 0 bridgehead atoms. The smallest absolute Gasteiger partial charge is 0.306 e. The van der Waals surface area contributed by atoms with Crippen molar-refractivity contribution in [3.8, 4) is 11.5 Å². The van der Waals surface area contributed by atoms with Crippen LogP contribution in [-0.2, 0) is 28.5 Å². The Hall–Kier alpha value is -2.88. The number of benzene rings is 3. The number of carbonyl (C=O) groups is 2. The van der Waals surface area contributed by atoms with Gasteiger partial charge in [0.25, 0.3) is 0 Å². The van der Waals surface area contributed by atoms with Crippen LogP contribution < -0.4 is 9.47 Å². The number of rotatable bonds is 28. The first-order valence-corrected chi connectivity index (χ1v) is 20.1. The molecule has 0 heterocycles. The monoisotopic (exact) mass is 772 g/mol. The molecule has 0 aliphatic heterocycles. The molecule has 3 aromatic carbocycles. The van der Waals surface area contributed by atoms with Crippen LogP contribution in [0.5, 0.6) is 11.5 Å². The maximum atomic E-state index is 12.7. The van der Waals surface area contributed by atoms with Gasteiger partial charge in [0.2, 0.25) is 0 Å². The molecule has 2 unspecified atom stereocenters. The average Bonchev–Trinajstić information content (AvgIpc) is 3.13. The molecule has 0 aromatic heterocycles. The van der Waals surface area contributed by atoms with Crippen molar-refractivity contribution in [3.05, 3.63) is 46.9 Å². The van der Waals surface area contributed by atoms with E-state index < -0.39 is 12.2 Å². The van der Waals surface area contributed by atoms with Gasteiger partial charge in [0.1, 0.15) is 24.7 Å². The second kappa shape index (κ2) is 25.2. The Morgan fingerprint density at radius 1 is 0.549 bits per heavy atom. The number of ether oxygens (including phenoxy) is 6. The summed E-state index contributed by atoms with van der Waals surface area (Å²) in [6, 6.07) is 13.9. The topological polar surface area (TPSA) is 89.5 Å². The van der Waals surface area contributed by atoms with Crippen molar-refractivity contribution >= 4 is 49.4 Å². The summed E-state index contributed by atoms with van der Waals surface area (Å²) in [5, 5.41) is 3.42. The molecule has 3 aromatic rings. The van der Waals surface area contributed by atoms with Gasteiger partial charge in [0.05, 0.1) is 13.2 Å². The second-order valence-corrected chi connectivity index (χ2v) is 14.1. The molecule has 51 heavy (non-hydrogen) atoms.